The molecule has 3 N–H and O–H groups in total. The Balaban J connectivity index is 1.28. The van der Waals surface area contributed by atoms with Crippen molar-refractivity contribution in [3.8, 4) is 10.4 Å². The molecule has 0 unspecified atom stereocenters. The second kappa shape index (κ2) is 8.84. The standard InChI is InChI=1S/C26H20BrN3O2S/c27-21-4-1-3-19-20(21)15-30(26(19)32)14-16-6-8-17(9-7-16)25(31)29-23-13-18(10-11-22(23)28)24-5-2-12-33-24/h1-13H,14-15,28H2,(H,29,31). The zero-order valence-electron chi connectivity index (χ0n) is 17.5. The minimum atomic E-state index is -0.231. The lowest BCUT2D eigenvalue weighted by Crippen LogP contribution is -2.23. The van der Waals surface area contributed by atoms with Crippen LogP contribution in [0.2, 0.25) is 0 Å². The second-order valence-electron chi connectivity index (χ2n) is 7.86. The Morgan fingerprint density at radius 1 is 1.06 bits per heavy atom. The van der Waals surface area contributed by atoms with E-state index in [9.17, 15) is 9.59 Å². The van der Waals surface area contributed by atoms with Crippen LogP contribution >= 0.6 is 27.3 Å². The lowest BCUT2D eigenvalue weighted by atomic mass is 10.1. The molecule has 1 aliphatic rings. The number of carbonyl (C=O) groups is 2. The number of halogens is 1. The number of nitrogens with zero attached hydrogens (tertiary/aromatic N) is 1. The van der Waals surface area contributed by atoms with Crippen molar-refractivity contribution in [1.29, 1.82) is 0 Å². The van der Waals surface area contributed by atoms with E-state index >= 15 is 0 Å². The molecule has 4 aromatic rings. The Labute approximate surface area is 204 Å². The average Bonchev–Trinajstić information content (AvgIpc) is 3.46. The van der Waals surface area contributed by atoms with E-state index in [1.165, 1.54) is 0 Å². The van der Waals surface area contributed by atoms with Crippen molar-refractivity contribution in [2.45, 2.75) is 13.1 Å². The Kier molecular flexibility index (Phi) is 5.74. The summed E-state index contributed by atoms with van der Waals surface area (Å²) in [4.78, 5) is 28.4. The highest BCUT2D eigenvalue weighted by molar-refractivity contribution is 9.10. The maximum absolute atomic E-state index is 12.8. The molecule has 0 spiro atoms. The largest absolute Gasteiger partial charge is 0.397 e. The first-order valence-electron chi connectivity index (χ1n) is 10.4. The molecule has 0 aliphatic carbocycles. The van der Waals surface area contributed by atoms with Gasteiger partial charge in [0.05, 0.1) is 11.4 Å². The second-order valence-corrected chi connectivity index (χ2v) is 9.66. The van der Waals surface area contributed by atoms with E-state index in [0.29, 0.717) is 30.0 Å². The number of rotatable bonds is 5. The maximum atomic E-state index is 12.8. The third-order valence-corrected chi connectivity index (χ3v) is 7.34. The van der Waals surface area contributed by atoms with E-state index in [0.717, 1.165) is 31.6 Å². The van der Waals surface area contributed by atoms with E-state index in [-0.39, 0.29) is 11.8 Å². The summed E-state index contributed by atoms with van der Waals surface area (Å²) in [6, 6.07) is 22.6. The van der Waals surface area contributed by atoms with E-state index < -0.39 is 0 Å². The Bertz CT molecular complexity index is 1350. The fourth-order valence-corrected chi connectivity index (χ4v) is 5.13. The van der Waals surface area contributed by atoms with Crippen LogP contribution in [0.1, 0.15) is 31.8 Å². The molecule has 0 atom stereocenters. The number of nitrogen functional groups attached to an aromatic ring is 1. The molecule has 33 heavy (non-hydrogen) atoms. The fraction of sp³-hybridized carbons (Fsp3) is 0.0769. The molecule has 3 aromatic carbocycles. The summed E-state index contributed by atoms with van der Waals surface area (Å²) < 4.78 is 0.949. The summed E-state index contributed by atoms with van der Waals surface area (Å²) in [6.45, 7) is 1.05. The normalized spacial score (nSPS) is 12.6. The molecule has 7 heteroatoms. The van der Waals surface area contributed by atoms with Crippen molar-refractivity contribution in [2.24, 2.45) is 0 Å². The van der Waals surface area contributed by atoms with Gasteiger partial charge in [0.15, 0.2) is 0 Å². The molecule has 0 bridgehead atoms. The van der Waals surface area contributed by atoms with Gasteiger partial charge in [-0.3, -0.25) is 9.59 Å². The minimum absolute atomic E-state index is 0.0224. The number of hydrogen-bond donors (Lipinski definition) is 2. The van der Waals surface area contributed by atoms with Gasteiger partial charge in [0.1, 0.15) is 0 Å². The van der Waals surface area contributed by atoms with Gasteiger partial charge in [0.25, 0.3) is 11.8 Å². The van der Waals surface area contributed by atoms with Crippen LogP contribution in [0.25, 0.3) is 10.4 Å². The molecule has 164 valence electrons. The quantitative estimate of drug-likeness (QED) is 0.311. The van der Waals surface area contributed by atoms with Gasteiger partial charge >= 0.3 is 0 Å². The summed E-state index contributed by atoms with van der Waals surface area (Å²) in [5.41, 5.74) is 11.4. The number of fused-ring (bicyclic) bond motifs is 1. The van der Waals surface area contributed by atoms with Crippen molar-refractivity contribution in [1.82, 2.24) is 4.90 Å². The third-order valence-electron chi connectivity index (χ3n) is 5.68. The summed E-state index contributed by atoms with van der Waals surface area (Å²) in [6.07, 6.45) is 0. The third kappa shape index (κ3) is 4.29. The molecule has 5 nitrogen and oxygen atoms in total. The molecule has 2 amide bonds. The average molecular weight is 518 g/mol. The van der Waals surface area contributed by atoms with Crippen LogP contribution in [0.4, 0.5) is 11.4 Å². The van der Waals surface area contributed by atoms with Gasteiger partial charge in [0.2, 0.25) is 0 Å². The highest BCUT2D eigenvalue weighted by Gasteiger charge is 2.28. The van der Waals surface area contributed by atoms with Crippen LogP contribution in [-0.2, 0) is 13.1 Å². The fourth-order valence-electron chi connectivity index (χ4n) is 3.92. The van der Waals surface area contributed by atoms with E-state index in [2.05, 4.69) is 21.2 Å². The number of nitrogens with one attached hydrogen (secondary N) is 1. The molecule has 0 fully saturated rings. The first-order valence-corrected chi connectivity index (χ1v) is 12.1. The molecule has 1 aromatic heterocycles. The highest BCUT2D eigenvalue weighted by Crippen LogP contribution is 2.31. The number of amides is 2. The molecule has 0 saturated carbocycles. The van der Waals surface area contributed by atoms with Gasteiger partial charge in [-0.05, 0) is 64.5 Å². The molecular formula is C26H20BrN3O2S. The number of nitrogens with two attached hydrogens (primary N) is 1. The monoisotopic (exact) mass is 517 g/mol. The maximum Gasteiger partial charge on any atom is 0.255 e. The van der Waals surface area contributed by atoms with E-state index in [4.69, 9.17) is 5.73 Å². The summed E-state index contributed by atoms with van der Waals surface area (Å²) >= 11 is 5.16. The SMILES string of the molecule is Nc1ccc(-c2cccs2)cc1NC(=O)c1ccc(CN2Cc3c(Br)cccc3C2=O)cc1. The Morgan fingerprint density at radius 2 is 1.88 bits per heavy atom. The van der Waals surface area contributed by atoms with Crippen LogP contribution in [0, 0.1) is 0 Å². The van der Waals surface area contributed by atoms with Crippen molar-refractivity contribution >= 4 is 50.5 Å². The van der Waals surface area contributed by atoms with Crippen molar-refractivity contribution < 1.29 is 9.59 Å². The van der Waals surface area contributed by atoms with Crippen molar-refractivity contribution in [2.75, 3.05) is 11.1 Å². The zero-order valence-corrected chi connectivity index (χ0v) is 19.9. The van der Waals surface area contributed by atoms with E-state index in [1.807, 2.05) is 60.0 Å². The molecule has 5 rings (SSSR count). The van der Waals surface area contributed by atoms with Crippen LogP contribution in [0.5, 0.6) is 0 Å². The number of anilines is 2. The van der Waals surface area contributed by atoms with Gasteiger partial charge in [-0.2, -0.15) is 0 Å². The van der Waals surface area contributed by atoms with Crippen molar-refractivity contribution in [3.63, 3.8) is 0 Å². The summed E-state index contributed by atoms with van der Waals surface area (Å²) in [5.74, 6) is -0.209. The number of hydrogen-bond acceptors (Lipinski definition) is 4. The summed E-state index contributed by atoms with van der Waals surface area (Å²) in [7, 11) is 0. The predicted octanol–water partition coefficient (Wildman–Crippen LogP) is 6.17. The smallest absolute Gasteiger partial charge is 0.255 e. The lowest BCUT2D eigenvalue weighted by molar-refractivity contribution is 0.0766. The lowest BCUT2D eigenvalue weighted by Gasteiger charge is -2.16. The van der Waals surface area contributed by atoms with Crippen molar-refractivity contribution in [3.05, 3.63) is 105 Å². The minimum Gasteiger partial charge on any atom is -0.397 e. The predicted molar refractivity (Wildman–Crippen MR) is 136 cm³/mol. The number of carbonyl (C=O) groups excluding carboxylic acids is 2. The van der Waals surface area contributed by atoms with Gasteiger partial charge in [-0.1, -0.05) is 46.3 Å². The molecular weight excluding hydrogens is 498 g/mol. The van der Waals surface area contributed by atoms with Gasteiger partial charge < -0.3 is 16.0 Å². The first-order chi connectivity index (χ1) is 16.0. The molecule has 1 aliphatic heterocycles. The first kappa shape index (κ1) is 21.4. The molecule has 0 radical (unpaired) electrons. The van der Waals surface area contributed by atoms with Gasteiger partial charge in [-0.15, -0.1) is 11.3 Å². The molecule has 2 heterocycles. The number of thiophene rings is 1. The Morgan fingerprint density at radius 3 is 2.61 bits per heavy atom. The van der Waals surface area contributed by atoms with Gasteiger partial charge in [-0.25, -0.2) is 0 Å². The van der Waals surface area contributed by atoms with Crippen LogP contribution in [-0.4, -0.2) is 16.7 Å². The highest BCUT2D eigenvalue weighted by atomic mass is 79.9. The van der Waals surface area contributed by atoms with Crippen LogP contribution in [0.3, 0.4) is 0 Å². The van der Waals surface area contributed by atoms with E-state index in [1.54, 1.807) is 34.4 Å². The Hall–Kier alpha value is -3.42. The summed E-state index contributed by atoms with van der Waals surface area (Å²) in [5, 5.41) is 4.93. The topological polar surface area (TPSA) is 75.4 Å². The number of benzene rings is 3. The van der Waals surface area contributed by atoms with Crippen LogP contribution < -0.4 is 11.1 Å². The zero-order chi connectivity index (χ0) is 22.9. The van der Waals surface area contributed by atoms with Gasteiger partial charge in [0, 0.05) is 33.6 Å². The van der Waals surface area contributed by atoms with Crippen LogP contribution in [0.15, 0.2) is 82.6 Å². The molecule has 0 saturated heterocycles.